The minimum atomic E-state index is -0.563. The van der Waals surface area contributed by atoms with Crippen LogP contribution in [0.2, 0.25) is 0 Å². The lowest BCUT2D eigenvalue weighted by Crippen LogP contribution is -2.39. The largest absolute Gasteiger partial charge is 0.395 e. The molecule has 0 bridgehead atoms. The highest BCUT2D eigenvalue weighted by molar-refractivity contribution is 9.10. The maximum atomic E-state index is 14.0. The number of aliphatic hydroxyl groups is 1. The molecule has 1 aromatic carbocycles. The van der Waals surface area contributed by atoms with Crippen LogP contribution in [0.15, 0.2) is 16.6 Å². The Bertz CT molecular complexity index is 453. The van der Waals surface area contributed by atoms with Gasteiger partial charge in [0.05, 0.1) is 11.1 Å². The van der Waals surface area contributed by atoms with Crippen LogP contribution in [0.5, 0.6) is 0 Å². The van der Waals surface area contributed by atoms with Crippen molar-refractivity contribution in [1.82, 2.24) is 10.2 Å². The molecule has 0 saturated carbocycles. The number of benzene rings is 1. The van der Waals surface area contributed by atoms with Gasteiger partial charge in [0, 0.05) is 31.2 Å². The van der Waals surface area contributed by atoms with Gasteiger partial charge in [-0.2, -0.15) is 0 Å². The van der Waals surface area contributed by atoms with Gasteiger partial charge < -0.3 is 10.4 Å². The number of nitrogens with zero attached hydrogens (tertiary/aromatic N) is 1. The Labute approximate surface area is 126 Å². The summed E-state index contributed by atoms with van der Waals surface area (Å²) in [5.74, 6) is -1.11. The predicted molar refractivity (Wildman–Crippen MR) is 77.4 cm³/mol. The zero-order chi connectivity index (χ0) is 14.5. The minimum Gasteiger partial charge on any atom is -0.395 e. The van der Waals surface area contributed by atoms with E-state index >= 15 is 0 Å². The molecule has 1 heterocycles. The van der Waals surface area contributed by atoms with Crippen LogP contribution in [0.3, 0.4) is 0 Å². The summed E-state index contributed by atoms with van der Waals surface area (Å²) in [5, 5.41) is 12.5. The monoisotopic (exact) mass is 348 g/mol. The van der Waals surface area contributed by atoms with Crippen molar-refractivity contribution in [1.29, 1.82) is 0 Å². The van der Waals surface area contributed by atoms with Gasteiger partial charge in [0.1, 0.15) is 11.6 Å². The van der Waals surface area contributed by atoms with Gasteiger partial charge in [0.25, 0.3) is 0 Å². The first kappa shape index (κ1) is 15.8. The lowest BCUT2D eigenvalue weighted by molar-refractivity contribution is 0.176. The summed E-state index contributed by atoms with van der Waals surface area (Å²) in [6.07, 6.45) is 2.18. The summed E-state index contributed by atoms with van der Waals surface area (Å²) in [5.41, 5.74) is 0.0471. The van der Waals surface area contributed by atoms with E-state index in [1.807, 2.05) is 4.90 Å². The fraction of sp³-hybridized carbons (Fsp3) is 0.571. The van der Waals surface area contributed by atoms with Crippen LogP contribution in [0, 0.1) is 11.6 Å². The standard InChI is InChI=1S/C14H19BrF2N2O/c15-12-3-4-13(16)11(14(12)17)9-19(6-7-20)8-10-2-1-5-18-10/h3-4,10,18,20H,1-2,5-9H2. The molecule has 1 atom stereocenters. The van der Waals surface area contributed by atoms with E-state index in [2.05, 4.69) is 21.2 Å². The Kier molecular flexibility index (Phi) is 5.89. The molecule has 20 heavy (non-hydrogen) atoms. The van der Waals surface area contributed by atoms with Crippen LogP contribution < -0.4 is 5.32 Å². The Morgan fingerprint density at radius 3 is 2.85 bits per heavy atom. The van der Waals surface area contributed by atoms with Crippen molar-refractivity contribution in [2.45, 2.75) is 25.4 Å². The Morgan fingerprint density at radius 1 is 1.40 bits per heavy atom. The van der Waals surface area contributed by atoms with E-state index in [-0.39, 0.29) is 23.2 Å². The first-order valence-electron chi connectivity index (χ1n) is 6.80. The van der Waals surface area contributed by atoms with Crippen molar-refractivity contribution in [3.63, 3.8) is 0 Å². The summed E-state index contributed by atoms with van der Waals surface area (Å²) in [6, 6.07) is 2.95. The van der Waals surface area contributed by atoms with Crippen molar-refractivity contribution in [3.8, 4) is 0 Å². The van der Waals surface area contributed by atoms with Crippen LogP contribution >= 0.6 is 15.9 Å². The average Bonchev–Trinajstić information content (AvgIpc) is 2.92. The fourth-order valence-electron chi connectivity index (χ4n) is 2.54. The molecule has 6 heteroatoms. The second-order valence-electron chi connectivity index (χ2n) is 5.07. The lowest BCUT2D eigenvalue weighted by Gasteiger charge is -2.25. The SMILES string of the molecule is OCCN(Cc1c(F)ccc(Br)c1F)CC1CCCN1. The van der Waals surface area contributed by atoms with Gasteiger partial charge in [-0.15, -0.1) is 0 Å². The molecule has 0 aromatic heterocycles. The quantitative estimate of drug-likeness (QED) is 0.774. The first-order valence-corrected chi connectivity index (χ1v) is 7.60. The predicted octanol–water partition coefficient (Wildman–Crippen LogP) is 2.27. The molecule has 0 spiro atoms. The zero-order valence-corrected chi connectivity index (χ0v) is 12.8. The summed E-state index contributed by atoms with van der Waals surface area (Å²) >= 11 is 3.08. The van der Waals surface area contributed by atoms with E-state index in [1.54, 1.807) is 0 Å². The lowest BCUT2D eigenvalue weighted by atomic mass is 10.1. The Balaban J connectivity index is 2.08. The minimum absolute atomic E-state index is 0.0238. The molecule has 112 valence electrons. The first-order chi connectivity index (χ1) is 9.61. The maximum Gasteiger partial charge on any atom is 0.144 e. The van der Waals surface area contributed by atoms with Crippen molar-refractivity contribution in [2.24, 2.45) is 0 Å². The fourth-order valence-corrected chi connectivity index (χ4v) is 2.91. The number of nitrogens with one attached hydrogen (secondary N) is 1. The van der Waals surface area contributed by atoms with Gasteiger partial charge in [0.15, 0.2) is 0 Å². The van der Waals surface area contributed by atoms with Crippen LogP contribution in [-0.2, 0) is 6.54 Å². The molecule has 2 N–H and O–H groups in total. The van der Waals surface area contributed by atoms with E-state index in [0.29, 0.717) is 19.1 Å². The molecule has 0 radical (unpaired) electrons. The van der Waals surface area contributed by atoms with E-state index in [9.17, 15) is 8.78 Å². The number of halogens is 3. The summed E-state index contributed by atoms with van der Waals surface area (Å²) in [6.45, 7) is 2.21. The smallest absolute Gasteiger partial charge is 0.144 e. The third-order valence-electron chi connectivity index (χ3n) is 3.58. The van der Waals surface area contributed by atoms with Gasteiger partial charge in [-0.3, -0.25) is 4.90 Å². The van der Waals surface area contributed by atoms with Crippen LogP contribution in [0.1, 0.15) is 18.4 Å². The number of hydrogen-bond acceptors (Lipinski definition) is 3. The van der Waals surface area contributed by atoms with Crippen molar-refractivity contribution >= 4 is 15.9 Å². The molecule has 1 saturated heterocycles. The van der Waals surface area contributed by atoms with Crippen LogP contribution in [0.4, 0.5) is 8.78 Å². The molecule has 0 amide bonds. The summed E-state index contributed by atoms with van der Waals surface area (Å²) in [4.78, 5) is 1.89. The zero-order valence-electron chi connectivity index (χ0n) is 11.2. The molecule has 3 nitrogen and oxygen atoms in total. The third-order valence-corrected chi connectivity index (χ3v) is 4.19. The highest BCUT2D eigenvalue weighted by Crippen LogP contribution is 2.23. The topological polar surface area (TPSA) is 35.5 Å². The van der Waals surface area contributed by atoms with Crippen molar-refractivity contribution < 1.29 is 13.9 Å². The van der Waals surface area contributed by atoms with Gasteiger partial charge in [-0.1, -0.05) is 0 Å². The number of rotatable bonds is 6. The summed E-state index contributed by atoms with van der Waals surface area (Å²) < 4.78 is 28.0. The van der Waals surface area contributed by atoms with E-state index in [1.165, 1.54) is 12.1 Å². The highest BCUT2D eigenvalue weighted by atomic mass is 79.9. The second-order valence-corrected chi connectivity index (χ2v) is 5.93. The molecule has 1 aliphatic rings. The number of hydrogen-bond donors (Lipinski definition) is 2. The molecule has 1 aromatic rings. The number of aliphatic hydroxyl groups excluding tert-OH is 1. The normalized spacial score (nSPS) is 18.9. The highest BCUT2D eigenvalue weighted by Gasteiger charge is 2.20. The van der Waals surface area contributed by atoms with Gasteiger partial charge in [-0.25, -0.2) is 8.78 Å². The third kappa shape index (κ3) is 3.97. The molecular formula is C14H19BrF2N2O. The van der Waals surface area contributed by atoms with Crippen LogP contribution in [0.25, 0.3) is 0 Å². The molecule has 1 fully saturated rings. The van der Waals surface area contributed by atoms with E-state index < -0.39 is 11.6 Å². The molecule has 0 aliphatic carbocycles. The molecule has 1 unspecified atom stereocenters. The van der Waals surface area contributed by atoms with Crippen molar-refractivity contribution in [3.05, 3.63) is 33.8 Å². The van der Waals surface area contributed by atoms with Gasteiger partial charge in [-0.05, 0) is 47.4 Å². The van der Waals surface area contributed by atoms with Gasteiger partial charge in [0.2, 0.25) is 0 Å². The maximum absolute atomic E-state index is 14.0. The molecule has 1 aliphatic heterocycles. The van der Waals surface area contributed by atoms with E-state index in [4.69, 9.17) is 5.11 Å². The molecule has 2 rings (SSSR count). The van der Waals surface area contributed by atoms with E-state index in [0.717, 1.165) is 19.4 Å². The Morgan fingerprint density at radius 2 is 2.20 bits per heavy atom. The van der Waals surface area contributed by atoms with Crippen molar-refractivity contribution in [2.75, 3.05) is 26.2 Å². The second kappa shape index (κ2) is 7.45. The van der Waals surface area contributed by atoms with Crippen LogP contribution in [-0.4, -0.2) is 42.3 Å². The Hall–Kier alpha value is -0.560. The average molecular weight is 349 g/mol. The van der Waals surface area contributed by atoms with Gasteiger partial charge >= 0.3 is 0 Å². The summed E-state index contributed by atoms with van der Waals surface area (Å²) in [7, 11) is 0. The molecular weight excluding hydrogens is 330 g/mol.